The van der Waals surface area contributed by atoms with E-state index in [0.717, 1.165) is 0 Å². The van der Waals surface area contributed by atoms with Gasteiger partial charge in [0.1, 0.15) is 5.82 Å². The fraction of sp³-hybridized carbons (Fsp3) is 0.538. The maximum Gasteiger partial charge on any atom is 0.389 e. The quantitative estimate of drug-likeness (QED) is 0.753. The number of carbonyl (C=O) groups excluding carboxylic acids is 1. The van der Waals surface area contributed by atoms with E-state index in [9.17, 15) is 18.0 Å². The number of unbranched alkanes of at least 4 members (excludes halogenated alkanes) is 1. The molecule has 2 N–H and O–H groups in total. The topological polar surface area (TPSA) is 54.0 Å². The molecule has 0 bridgehead atoms. The molecule has 118 valence electrons. The number of hydrogen-bond donors (Lipinski definition) is 2. The lowest BCUT2D eigenvalue weighted by Crippen LogP contribution is -2.25. The molecule has 0 aliphatic heterocycles. The summed E-state index contributed by atoms with van der Waals surface area (Å²) in [7, 11) is 0. The number of nitrogens with one attached hydrogen (secondary N) is 2. The van der Waals surface area contributed by atoms with Gasteiger partial charge in [-0.15, -0.1) is 0 Å². The molecule has 1 heterocycles. The summed E-state index contributed by atoms with van der Waals surface area (Å²) in [6.07, 6.45) is -3.40. The Hall–Kier alpha value is -1.50. The second kappa shape index (κ2) is 8.07. The van der Waals surface area contributed by atoms with Crippen molar-refractivity contribution < 1.29 is 18.0 Å². The highest BCUT2D eigenvalue weighted by Gasteiger charge is 2.25. The number of nitrogens with zero attached hydrogens (tertiary/aromatic N) is 1. The van der Waals surface area contributed by atoms with E-state index in [2.05, 4.69) is 15.6 Å². The molecule has 1 aromatic rings. The Kier molecular flexibility index (Phi) is 6.74. The van der Waals surface area contributed by atoms with Crippen LogP contribution in [-0.4, -0.2) is 30.2 Å². The van der Waals surface area contributed by atoms with Gasteiger partial charge in [0.15, 0.2) is 0 Å². The molecule has 0 unspecified atom stereocenters. The van der Waals surface area contributed by atoms with Gasteiger partial charge in [-0.1, -0.05) is 11.6 Å². The van der Waals surface area contributed by atoms with E-state index in [-0.39, 0.29) is 30.0 Å². The molecule has 21 heavy (non-hydrogen) atoms. The number of anilines is 1. The van der Waals surface area contributed by atoms with Crippen LogP contribution in [0.25, 0.3) is 0 Å². The van der Waals surface area contributed by atoms with Crippen molar-refractivity contribution in [1.29, 1.82) is 0 Å². The van der Waals surface area contributed by atoms with Gasteiger partial charge in [-0.2, -0.15) is 13.2 Å². The summed E-state index contributed by atoms with van der Waals surface area (Å²) >= 11 is 5.89. The number of alkyl halides is 3. The molecule has 0 spiro atoms. The number of aromatic nitrogens is 1. The normalized spacial score (nSPS) is 11.3. The molecular weight excluding hydrogens is 307 g/mol. The van der Waals surface area contributed by atoms with Gasteiger partial charge < -0.3 is 10.6 Å². The minimum Gasteiger partial charge on any atom is -0.370 e. The standard InChI is InChI=1S/C13H17ClF3N3O/c1-2-18-11-7-9(10(14)8-20-11)12(21)19-6-4-3-5-13(15,16)17/h7-8H,2-6H2,1H3,(H,18,20)(H,19,21). The van der Waals surface area contributed by atoms with Gasteiger partial charge in [0.05, 0.1) is 10.6 Å². The van der Waals surface area contributed by atoms with E-state index < -0.39 is 18.5 Å². The maximum absolute atomic E-state index is 12.0. The molecule has 4 nitrogen and oxygen atoms in total. The van der Waals surface area contributed by atoms with Crippen molar-refractivity contribution in [2.24, 2.45) is 0 Å². The van der Waals surface area contributed by atoms with E-state index in [1.807, 2.05) is 6.92 Å². The van der Waals surface area contributed by atoms with Crippen LogP contribution >= 0.6 is 11.6 Å². The van der Waals surface area contributed by atoms with E-state index >= 15 is 0 Å². The van der Waals surface area contributed by atoms with E-state index in [1.165, 1.54) is 12.3 Å². The van der Waals surface area contributed by atoms with Crippen LogP contribution in [0.5, 0.6) is 0 Å². The third-order valence-corrected chi connectivity index (χ3v) is 2.93. The molecule has 8 heteroatoms. The Morgan fingerprint density at radius 2 is 2.10 bits per heavy atom. The largest absolute Gasteiger partial charge is 0.389 e. The summed E-state index contributed by atoms with van der Waals surface area (Å²) < 4.78 is 35.9. The minimum absolute atomic E-state index is 0.0174. The van der Waals surface area contributed by atoms with Gasteiger partial charge >= 0.3 is 6.18 Å². The summed E-state index contributed by atoms with van der Waals surface area (Å²) in [5.74, 6) is 0.0951. The fourth-order valence-corrected chi connectivity index (χ4v) is 1.83. The highest BCUT2D eigenvalue weighted by atomic mass is 35.5. The number of pyridine rings is 1. The number of halogens is 4. The van der Waals surface area contributed by atoms with Crippen molar-refractivity contribution in [3.63, 3.8) is 0 Å². The molecule has 1 rings (SSSR count). The van der Waals surface area contributed by atoms with Crippen LogP contribution < -0.4 is 10.6 Å². The maximum atomic E-state index is 12.0. The van der Waals surface area contributed by atoms with Crippen LogP contribution in [0.2, 0.25) is 5.02 Å². The molecule has 0 aliphatic carbocycles. The van der Waals surface area contributed by atoms with Gasteiger partial charge in [0.2, 0.25) is 0 Å². The summed E-state index contributed by atoms with van der Waals surface area (Å²) in [6, 6.07) is 1.51. The Bertz CT molecular complexity index is 480. The molecule has 1 amide bonds. The van der Waals surface area contributed by atoms with E-state index in [4.69, 9.17) is 11.6 Å². The molecule has 1 aromatic heterocycles. The van der Waals surface area contributed by atoms with Crippen LogP contribution in [0, 0.1) is 0 Å². The third-order valence-electron chi connectivity index (χ3n) is 2.63. The molecule has 0 saturated carbocycles. The van der Waals surface area contributed by atoms with Crippen LogP contribution in [0.15, 0.2) is 12.3 Å². The molecule has 0 saturated heterocycles. The van der Waals surface area contributed by atoms with Gasteiger partial charge in [-0.25, -0.2) is 4.98 Å². The smallest absolute Gasteiger partial charge is 0.370 e. The van der Waals surface area contributed by atoms with Gasteiger partial charge in [0.25, 0.3) is 5.91 Å². The van der Waals surface area contributed by atoms with Gasteiger partial charge in [0, 0.05) is 25.7 Å². The van der Waals surface area contributed by atoms with Gasteiger partial charge in [-0.05, 0) is 25.8 Å². The second-order valence-electron chi connectivity index (χ2n) is 4.41. The number of hydrogen-bond acceptors (Lipinski definition) is 3. The van der Waals surface area contributed by atoms with Crippen molar-refractivity contribution in [1.82, 2.24) is 10.3 Å². The average Bonchev–Trinajstić information content (AvgIpc) is 2.39. The highest BCUT2D eigenvalue weighted by molar-refractivity contribution is 6.33. The zero-order valence-corrected chi connectivity index (χ0v) is 12.3. The number of amides is 1. The van der Waals surface area contributed by atoms with Crippen molar-refractivity contribution in [3.05, 3.63) is 22.8 Å². The average molecular weight is 324 g/mol. The van der Waals surface area contributed by atoms with Crippen molar-refractivity contribution in [3.8, 4) is 0 Å². The lowest BCUT2D eigenvalue weighted by Gasteiger charge is -2.09. The zero-order valence-electron chi connectivity index (χ0n) is 11.6. The Morgan fingerprint density at radius 3 is 2.71 bits per heavy atom. The first kappa shape index (κ1) is 17.6. The third kappa shape index (κ3) is 6.66. The van der Waals surface area contributed by atoms with Crippen LogP contribution in [0.3, 0.4) is 0 Å². The summed E-state index contributed by atoms with van der Waals surface area (Å²) in [5, 5.41) is 5.70. The molecule has 0 aliphatic rings. The Balaban J connectivity index is 2.46. The number of rotatable bonds is 7. The lowest BCUT2D eigenvalue weighted by atomic mass is 10.2. The monoisotopic (exact) mass is 323 g/mol. The lowest BCUT2D eigenvalue weighted by molar-refractivity contribution is -0.135. The first-order valence-electron chi connectivity index (χ1n) is 6.58. The van der Waals surface area contributed by atoms with Crippen LogP contribution in [-0.2, 0) is 0 Å². The Morgan fingerprint density at radius 1 is 1.38 bits per heavy atom. The highest BCUT2D eigenvalue weighted by Crippen LogP contribution is 2.22. The first-order valence-corrected chi connectivity index (χ1v) is 6.95. The predicted octanol–water partition coefficient (Wildman–Crippen LogP) is 3.63. The van der Waals surface area contributed by atoms with E-state index in [0.29, 0.717) is 12.4 Å². The fourth-order valence-electron chi connectivity index (χ4n) is 1.64. The first-order chi connectivity index (χ1) is 9.83. The molecule has 0 radical (unpaired) electrons. The van der Waals surface area contributed by atoms with Crippen LogP contribution in [0.4, 0.5) is 19.0 Å². The minimum atomic E-state index is -4.15. The predicted molar refractivity (Wildman–Crippen MR) is 75.6 cm³/mol. The molecule has 0 aromatic carbocycles. The zero-order chi connectivity index (χ0) is 15.9. The van der Waals surface area contributed by atoms with Crippen LogP contribution in [0.1, 0.15) is 36.5 Å². The van der Waals surface area contributed by atoms with Crippen molar-refractivity contribution in [2.45, 2.75) is 32.4 Å². The number of carbonyl (C=O) groups is 1. The van der Waals surface area contributed by atoms with Crippen molar-refractivity contribution in [2.75, 3.05) is 18.4 Å². The summed E-state index contributed by atoms with van der Waals surface area (Å²) in [6.45, 7) is 2.70. The van der Waals surface area contributed by atoms with E-state index in [1.54, 1.807) is 0 Å². The molecular formula is C13H17ClF3N3O. The van der Waals surface area contributed by atoms with Crippen molar-refractivity contribution >= 4 is 23.3 Å². The molecule has 0 fully saturated rings. The summed E-state index contributed by atoms with van der Waals surface area (Å²) in [4.78, 5) is 15.9. The molecule has 0 atom stereocenters. The van der Waals surface area contributed by atoms with Gasteiger partial charge in [-0.3, -0.25) is 4.79 Å². The second-order valence-corrected chi connectivity index (χ2v) is 4.82. The summed E-state index contributed by atoms with van der Waals surface area (Å²) in [5.41, 5.74) is 0.249. The Labute approximate surface area is 126 Å². The SMILES string of the molecule is CCNc1cc(C(=O)NCCCCC(F)(F)F)c(Cl)cn1.